The molecule has 4 rings (SSSR count). The van der Waals surface area contributed by atoms with Gasteiger partial charge in [0.1, 0.15) is 11.6 Å². The molecule has 0 saturated heterocycles. The smallest absolute Gasteiger partial charge is 0.341 e. The van der Waals surface area contributed by atoms with E-state index in [1.54, 1.807) is 19.1 Å². The van der Waals surface area contributed by atoms with Crippen LogP contribution in [0.4, 0.5) is 5.00 Å². The number of hydrogen-bond donors (Lipinski definition) is 1. The van der Waals surface area contributed by atoms with Crippen LogP contribution in [0.3, 0.4) is 0 Å². The normalized spacial score (nSPS) is 17.5. The summed E-state index contributed by atoms with van der Waals surface area (Å²) in [5.74, 6) is 0.454. The van der Waals surface area contributed by atoms with Gasteiger partial charge in [0, 0.05) is 4.88 Å². The standard InChI is InChI=1S/C19H19NO5S/c1-2-23-19(22)16-11-6-5-9-15(11)26-18(16)20-17(21)14-10-24-12-7-3-4-8-13(12)25-14/h3-4,7-8,14H,2,5-6,9-10H2,1H3,(H,20,21). The lowest BCUT2D eigenvalue weighted by Gasteiger charge is -2.25. The average Bonchev–Trinajstić information content (AvgIpc) is 3.22. The number of carbonyl (C=O) groups is 2. The van der Waals surface area contributed by atoms with E-state index in [4.69, 9.17) is 14.2 Å². The number of nitrogens with one attached hydrogen (secondary N) is 1. The topological polar surface area (TPSA) is 73.9 Å². The van der Waals surface area contributed by atoms with Crippen molar-refractivity contribution in [2.45, 2.75) is 32.3 Å². The Hall–Kier alpha value is -2.54. The minimum atomic E-state index is -0.767. The molecule has 0 bridgehead atoms. The third-order valence-corrected chi connectivity index (χ3v) is 5.65. The molecule has 1 aliphatic carbocycles. The molecule has 1 unspecified atom stereocenters. The van der Waals surface area contributed by atoms with Crippen molar-refractivity contribution >= 4 is 28.2 Å². The molecule has 1 aliphatic heterocycles. The summed E-state index contributed by atoms with van der Waals surface area (Å²) in [6, 6.07) is 7.23. The lowest BCUT2D eigenvalue weighted by Crippen LogP contribution is -2.40. The molecule has 136 valence electrons. The van der Waals surface area contributed by atoms with Crippen LogP contribution in [0.25, 0.3) is 0 Å². The van der Waals surface area contributed by atoms with Gasteiger partial charge < -0.3 is 19.5 Å². The average molecular weight is 373 g/mol. The Labute approximate surface area is 155 Å². The number of hydrogen-bond acceptors (Lipinski definition) is 6. The van der Waals surface area contributed by atoms with Crippen molar-refractivity contribution < 1.29 is 23.8 Å². The van der Waals surface area contributed by atoms with E-state index in [9.17, 15) is 9.59 Å². The van der Waals surface area contributed by atoms with Crippen molar-refractivity contribution in [2.75, 3.05) is 18.5 Å². The molecule has 2 heterocycles. The fourth-order valence-electron chi connectivity index (χ4n) is 3.25. The molecule has 1 atom stereocenters. The highest BCUT2D eigenvalue weighted by Crippen LogP contribution is 2.40. The van der Waals surface area contributed by atoms with Gasteiger partial charge in [-0.05, 0) is 43.9 Å². The zero-order chi connectivity index (χ0) is 18.1. The highest BCUT2D eigenvalue weighted by molar-refractivity contribution is 7.17. The molecule has 26 heavy (non-hydrogen) atoms. The number of fused-ring (bicyclic) bond motifs is 2. The Morgan fingerprint density at radius 1 is 1.27 bits per heavy atom. The number of amides is 1. The van der Waals surface area contributed by atoms with Crippen molar-refractivity contribution in [1.29, 1.82) is 0 Å². The van der Waals surface area contributed by atoms with Crippen LogP contribution in [0.15, 0.2) is 24.3 Å². The van der Waals surface area contributed by atoms with Gasteiger partial charge in [-0.1, -0.05) is 12.1 Å². The number of thiophene rings is 1. The van der Waals surface area contributed by atoms with Crippen molar-refractivity contribution in [2.24, 2.45) is 0 Å². The van der Waals surface area contributed by atoms with E-state index in [0.717, 1.165) is 29.7 Å². The van der Waals surface area contributed by atoms with E-state index in [1.807, 2.05) is 12.1 Å². The third kappa shape index (κ3) is 3.03. The van der Waals surface area contributed by atoms with Gasteiger partial charge in [0.15, 0.2) is 11.5 Å². The molecule has 1 aromatic carbocycles. The van der Waals surface area contributed by atoms with E-state index in [-0.39, 0.29) is 18.5 Å². The second-order valence-electron chi connectivity index (χ2n) is 6.14. The summed E-state index contributed by atoms with van der Waals surface area (Å²) in [6.07, 6.45) is 2.03. The molecule has 6 nitrogen and oxygen atoms in total. The molecule has 0 saturated carbocycles. The molecule has 7 heteroatoms. The number of esters is 1. The van der Waals surface area contributed by atoms with Gasteiger partial charge in [0.2, 0.25) is 6.10 Å². The van der Waals surface area contributed by atoms with Crippen molar-refractivity contribution in [3.63, 3.8) is 0 Å². The molecule has 1 amide bonds. The zero-order valence-electron chi connectivity index (χ0n) is 14.4. The minimum Gasteiger partial charge on any atom is -0.485 e. The maximum Gasteiger partial charge on any atom is 0.341 e. The van der Waals surface area contributed by atoms with E-state index in [2.05, 4.69) is 5.32 Å². The number of para-hydroxylation sites is 2. The third-order valence-electron chi connectivity index (χ3n) is 4.44. The number of anilines is 1. The Bertz CT molecular complexity index is 860. The number of ether oxygens (including phenoxy) is 3. The summed E-state index contributed by atoms with van der Waals surface area (Å²) in [4.78, 5) is 26.2. The van der Waals surface area contributed by atoms with Gasteiger partial charge in [0.25, 0.3) is 5.91 Å². The number of benzene rings is 1. The number of carbonyl (C=O) groups excluding carboxylic acids is 2. The van der Waals surface area contributed by atoms with E-state index in [0.29, 0.717) is 28.7 Å². The van der Waals surface area contributed by atoms with Crippen LogP contribution < -0.4 is 14.8 Å². The monoisotopic (exact) mass is 373 g/mol. The first kappa shape index (κ1) is 16.9. The molecular weight excluding hydrogens is 354 g/mol. The first-order valence-electron chi connectivity index (χ1n) is 8.68. The molecule has 0 radical (unpaired) electrons. The Balaban J connectivity index is 1.54. The van der Waals surface area contributed by atoms with Crippen LogP contribution in [-0.4, -0.2) is 31.2 Å². The molecular formula is C19H19NO5S. The van der Waals surface area contributed by atoms with Gasteiger partial charge in [-0.15, -0.1) is 11.3 Å². The fraction of sp³-hybridized carbons (Fsp3) is 0.368. The summed E-state index contributed by atoms with van der Waals surface area (Å²) in [7, 11) is 0. The predicted octanol–water partition coefficient (Wildman–Crippen LogP) is 3.19. The van der Waals surface area contributed by atoms with E-state index < -0.39 is 6.10 Å². The van der Waals surface area contributed by atoms with Crippen molar-refractivity contribution in [1.82, 2.24) is 0 Å². The summed E-state index contributed by atoms with van der Waals surface area (Å²) in [5, 5.41) is 3.40. The van der Waals surface area contributed by atoms with Crippen LogP contribution >= 0.6 is 11.3 Å². The van der Waals surface area contributed by atoms with Gasteiger partial charge in [-0.3, -0.25) is 4.79 Å². The summed E-state index contributed by atoms with van der Waals surface area (Å²) in [6.45, 7) is 2.20. The summed E-state index contributed by atoms with van der Waals surface area (Å²) >= 11 is 1.45. The summed E-state index contributed by atoms with van der Waals surface area (Å²) in [5.41, 5.74) is 1.50. The van der Waals surface area contributed by atoms with Crippen molar-refractivity contribution in [3.8, 4) is 11.5 Å². The minimum absolute atomic E-state index is 0.128. The quantitative estimate of drug-likeness (QED) is 0.833. The zero-order valence-corrected chi connectivity index (χ0v) is 15.2. The molecule has 1 aromatic heterocycles. The number of aryl methyl sites for hydroxylation is 1. The van der Waals surface area contributed by atoms with Gasteiger partial charge >= 0.3 is 5.97 Å². The lowest BCUT2D eigenvalue weighted by molar-refractivity contribution is -0.125. The molecule has 2 aliphatic rings. The maximum absolute atomic E-state index is 12.7. The Morgan fingerprint density at radius 3 is 2.88 bits per heavy atom. The van der Waals surface area contributed by atoms with E-state index >= 15 is 0 Å². The van der Waals surface area contributed by atoms with Crippen LogP contribution in [0.1, 0.15) is 34.1 Å². The summed E-state index contributed by atoms with van der Waals surface area (Å²) < 4.78 is 16.5. The molecule has 1 N–H and O–H groups in total. The predicted molar refractivity (Wildman–Crippen MR) is 97.3 cm³/mol. The first-order valence-corrected chi connectivity index (χ1v) is 9.50. The van der Waals surface area contributed by atoms with Crippen molar-refractivity contribution in [3.05, 3.63) is 40.3 Å². The highest BCUT2D eigenvalue weighted by Gasteiger charge is 2.32. The van der Waals surface area contributed by atoms with Crippen LogP contribution in [-0.2, 0) is 22.4 Å². The molecule has 0 spiro atoms. The second-order valence-corrected chi connectivity index (χ2v) is 7.24. The highest BCUT2D eigenvalue weighted by atomic mass is 32.1. The van der Waals surface area contributed by atoms with E-state index in [1.165, 1.54) is 11.3 Å². The second kappa shape index (κ2) is 6.99. The maximum atomic E-state index is 12.7. The van der Waals surface area contributed by atoms with Crippen LogP contribution in [0.5, 0.6) is 11.5 Å². The van der Waals surface area contributed by atoms with Crippen LogP contribution in [0.2, 0.25) is 0 Å². The number of rotatable bonds is 4. The van der Waals surface area contributed by atoms with Gasteiger partial charge in [-0.2, -0.15) is 0 Å². The molecule has 0 fully saturated rings. The van der Waals surface area contributed by atoms with Gasteiger partial charge in [0.05, 0.1) is 12.2 Å². The first-order chi connectivity index (χ1) is 12.7. The Morgan fingerprint density at radius 2 is 2.08 bits per heavy atom. The molecule has 2 aromatic rings. The van der Waals surface area contributed by atoms with Gasteiger partial charge in [-0.25, -0.2) is 4.79 Å². The fourth-order valence-corrected chi connectivity index (χ4v) is 4.53. The Kier molecular flexibility index (Phi) is 4.55. The SMILES string of the molecule is CCOC(=O)c1c(NC(=O)C2COc3ccccc3O2)sc2c1CCC2. The van der Waals surface area contributed by atoms with Crippen LogP contribution in [0, 0.1) is 0 Å². The largest absolute Gasteiger partial charge is 0.485 e. The lowest BCUT2D eigenvalue weighted by atomic mass is 10.1.